The number of nitrogens with one attached hydrogen (secondary N) is 1. The number of nitrogens with zero attached hydrogens (tertiary/aromatic N) is 1. The second-order valence-electron chi connectivity index (χ2n) is 5.84. The lowest BCUT2D eigenvalue weighted by Gasteiger charge is -2.17. The average molecular weight is 320 g/mol. The molecule has 24 heavy (non-hydrogen) atoms. The van der Waals surface area contributed by atoms with E-state index in [2.05, 4.69) is 5.32 Å². The maximum absolute atomic E-state index is 12.4. The van der Waals surface area contributed by atoms with E-state index < -0.39 is 0 Å². The molecule has 3 rings (SSSR count). The molecular formula is C20H20N2O2. The Morgan fingerprint density at radius 3 is 2.58 bits per heavy atom. The van der Waals surface area contributed by atoms with E-state index in [4.69, 9.17) is 0 Å². The molecule has 2 amide bonds. The van der Waals surface area contributed by atoms with Crippen molar-refractivity contribution in [3.05, 3.63) is 71.3 Å². The molecule has 0 aliphatic carbocycles. The van der Waals surface area contributed by atoms with Gasteiger partial charge >= 0.3 is 0 Å². The van der Waals surface area contributed by atoms with E-state index >= 15 is 0 Å². The summed E-state index contributed by atoms with van der Waals surface area (Å²) in [4.78, 5) is 26.3. The molecule has 2 aromatic carbocycles. The molecule has 0 unspecified atom stereocenters. The summed E-state index contributed by atoms with van der Waals surface area (Å²) in [6, 6.07) is 17.5. The van der Waals surface area contributed by atoms with Crippen LogP contribution in [-0.4, -0.2) is 24.9 Å². The van der Waals surface area contributed by atoms with Gasteiger partial charge in [-0.2, -0.15) is 0 Å². The zero-order valence-electron chi connectivity index (χ0n) is 13.7. The lowest BCUT2D eigenvalue weighted by molar-refractivity contribution is -0.122. The van der Waals surface area contributed by atoms with E-state index in [0.717, 1.165) is 17.7 Å². The maximum atomic E-state index is 12.4. The fourth-order valence-electron chi connectivity index (χ4n) is 2.85. The number of benzene rings is 2. The lowest BCUT2D eigenvalue weighted by Crippen LogP contribution is -2.39. The Bertz CT molecular complexity index is 781. The van der Waals surface area contributed by atoms with Crippen molar-refractivity contribution in [3.63, 3.8) is 0 Å². The number of hydrogen-bond acceptors (Lipinski definition) is 2. The van der Waals surface area contributed by atoms with E-state index in [1.54, 1.807) is 11.8 Å². The van der Waals surface area contributed by atoms with Gasteiger partial charge in [-0.1, -0.05) is 48.5 Å². The van der Waals surface area contributed by atoms with Gasteiger partial charge < -0.3 is 10.2 Å². The number of hydrogen-bond donors (Lipinski definition) is 1. The van der Waals surface area contributed by atoms with Gasteiger partial charge in [0.05, 0.1) is 6.54 Å². The van der Waals surface area contributed by atoms with Crippen LogP contribution in [0.15, 0.2) is 60.2 Å². The molecule has 0 saturated carbocycles. The van der Waals surface area contributed by atoms with Gasteiger partial charge in [-0.05, 0) is 36.6 Å². The van der Waals surface area contributed by atoms with Gasteiger partial charge in [-0.15, -0.1) is 0 Å². The zero-order chi connectivity index (χ0) is 16.9. The minimum atomic E-state index is -0.223. The number of fused-ring (bicyclic) bond motifs is 1. The fourth-order valence-corrected chi connectivity index (χ4v) is 2.85. The molecule has 0 spiro atoms. The van der Waals surface area contributed by atoms with E-state index in [9.17, 15) is 9.59 Å². The highest BCUT2D eigenvalue weighted by Gasteiger charge is 2.24. The van der Waals surface area contributed by atoms with Crippen LogP contribution >= 0.6 is 0 Å². The van der Waals surface area contributed by atoms with Crippen LogP contribution in [0.25, 0.3) is 6.08 Å². The molecule has 0 aromatic heterocycles. The number of para-hydroxylation sites is 1. The lowest BCUT2D eigenvalue weighted by atomic mass is 10.1. The Hall–Kier alpha value is -2.88. The monoisotopic (exact) mass is 320 g/mol. The van der Waals surface area contributed by atoms with Crippen LogP contribution in [0.4, 0.5) is 5.69 Å². The topological polar surface area (TPSA) is 49.4 Å². The first-order valence-electron chi connectivity index (χ1n) is 8.05. The van der Waals surface area contributed by atoms with Crippen LogP contribution in [0.1, 0.15) is 18.1 Å². The van der Waals surface area contributed by atoms with Crippen molar-refractivity contribution in [2.24, 2.45) is 0 Å². The Morgan fingerprint density at radius 1 is 1.08 bits per heavy atom. The molecule has 4 nitrogen and oxygen atoms in total. The number of carbonyl (C=O) groups excluding carboxylic acids is 2. The Kier molecular flexibility index (Phi) is 4.75. The predicted octanol–water partition coefficient (Wildman–Crippen LogP) is 2.80. The molecule has 1 N–H and O–H groups in total. The minimum absolute atomic E-state index is 0.00708. The van der Waals surface area contributed by atoms with E-state index in [1.165, 1.54) is 5.56 Å². The summed E-state index contributed by atoms with van der Waals surface area (Å²) in [5, 5.41) is 2.71. The predicted molar refractivity (Wildman–Crippen MR) is 95.6 cm³/mol. The standard InChI is InChI=1S/C20H20N2O2/c1-15(13-16-7-3-2-4-8-16)20(24)21-14-19(23)22-12-11-17-9-5-6-10-18(17)22/h2-10,13H,11-12,14H2,1H3,(H,21,24)/b15-13+. The highest BCUT2D eigenvalue weighted by Crippen LogP contribution is 2.27. The fraction of sp³-hybridized carbons (Fsp3) is 0.200. The average Bonchev–Trinajstić information content (AvgIpc) is 3.04. The molecule has 0 atom stereocenters. The quantitative estimate of drug-likeness (QED) is 0.881. The summed E-state index contributed by atoms with van der Waals surface area (Å²) in [7, 11) is 0. The van der Waals surface area contributed by atoms with Crippen LogP contribution in [0.3, 0.4) is 0 Å². The van der Waals surface area contributed by atoms with Crippen molar-refractivity contribution in [1.29, 1.82) is 0 Å². The smallest absolute Gasteiger partial charge is 0.247 e. The van der Waals surface area contributed by atoms with Gasteiger partial charge in [-0.3, -0.25) is 9.59 Å². The molecule has 1 aliphatic heterocycles. The van der Waals surface area contributed by atoms with Crippen LogP contribution in [-0.2, 0) is 16.0 Å². The van der Waals surface area contributed by atoms with Gasteiger partial charge in [0.1, 0.15) is 0 Å². The summed E-state index contributed by atoms with van der Waals surface area (Å²) < 4.78 is 0. The third-order valence-electron chi connectivity index (χ3n) is 4.13. The van der Waals surface area contributed by atoms with Crippen LogP contribution < -0.4 is 10.2 Å². The Labute approximate surface area is 141 Å². The molecule has 122 valence electrons. The van der Waals surface area contributed by atoms with Crippen molar-refractivity contribution >= 4 is 23.6 Å². The largest absolute Gasteiger partial charge is 0.343 e. The summed E-state index contributed by atoms with van der Waals surface area (Å²) >= 11 is 0. The van der Waals surface area contributed by atoms with Gasteiger partial charge in [0.15, 0.2) is 0 Å². The van der Waals surface area contributed by atoms with Gasteiger partial charge in [0, 0.05) is 17.8 Å². The molecule has 0 fully saturated rings. The van der Waals surface area contributed by atoms with Crippen molar-refractivity contribution in [2.75, 3.05) is 18.0 Å². The normalized spacial score (nSPS) is 13.5. The number of carbonyl (C=O) groups is 2. The molecular weight excluding hydrogens is 300 g/mol. The third-order valence-corrected chi connectivity index (χ3v) is 4.13. The van der Waals surface area contributed by atoms with Crippen molar-refractivity contribution in [1.82, 2.24) is 5.32 Å². The number of anilines is 1. The first-order valence-corrected chi connectivity index (χ1v) is 8.05. The third kappa shape index (κ3) is 3.54. The number of rotatable bonds is 4. The summed E-state index contributed by atoms with van der Waals surface area (Å²) in [6.07, 6.45) is 2.67. The van der Waals surface area contributed by atoms with Crippen LogP contribution in [0, 0.1) is 0 Å². The minimum Gasteiger partial charge on any atom is -0.343 e. The van der Waals surface area contributed by atoms with Crippen LogP contribution in [0.2, 0.25) is 0 Å². The number of amides is 2. The van der Waals surface area contributed by atoms with Crippen molar-refractivity contribution in [3.8, 4) is 0 Å². The molecule has 2 aromatic rings. The van der Waals surface area contributed by atoms with E-state index in [0.29, 0.717) is 12.1 Å². The van der Waals surface area contributed by atoms with Gasteiger partial charge in [0.2, 0.25) is 11.8 Å². The molecule has 0 radical (unpaired) electrons. The maximum Gasteiger partial charge on any atom is 0.247 e. The summed E-state index contributed by atoms with van der Waals surface area (Å²) in [5.74, 6) is -0.305. The second kappa shape index (κ2) is 7.13. The second-order valence-corrected chi connectivity index (χ2v) is 5.84. The molecule has 4 heteroatoms. The Morgan fingerprint density at radius 2 is 1.79 bits per heavy atom. The van der Waals surface area contributed by atoms with E-state index in [1.807, 2.05) is 60.7 Å². The first-order chi connectivity index (χ1) is 11.6. The molecule has 1 aliphatic rings. The molecule has 0 bridgehead atoms. The zero-order valence-corrected chi connectivity index (χ0v) is 13.7. The van der Waals surface area contributed by atoms with Gasteiger partial charge in [-0.25, -0.2) is 0 Å². The van der Waals surface area contributed by atoms with E-state index in [-0.39, 0.29) is 18.4 Å². The van der Waals surface area contributed by atoms with Crippen molar-refractivity contribution < 1.29 is 9.59 Å². The SMILES string of the molecule is C/C(=C\c1ccccc1)C(=O)NCC(=O)N1CCc2ccccc21. The molecule has 0 saturated heterocycles. The summed E-state index contributed by atoms with van der Waals surface area (Å²) in [5.41, 5.74) is 3.67. The van der Waals surface area contributed by atoms with Crippen molar-refractivity contribution in [2.45, 2.75) is 13.3 Å². The first kappa shape index (κ1) is 16.0. The Balaban J connectivity index is 1.59. The van der Waals surface area contributed by atoms with Crippen LogP contribution in [0.5, 0.6) is 0 Å². The highest BCUT2D eigenvalue weighted by atomic mass is 16.2. The highest BCUT2D eigenvalue weighted by molar-refractivity contribution is 6.02. The molecule has 1 heterocycles. The van der Waals surface area contributed by atoms with Gasteiger partial charge in [0.25, 0.3) is 0 Å². The summed E-state index contributed by atoms with van der Waals surface area (Å²) in [6.45, 7) is 2.43.